The maximum absolute atomic E-state index is 9.86. The Balaban J connectivity index is 2.19. The third-order valence-corrected chi connectivity index (χ3v) is 1.69. The van der Waals surface area contributed by atoms with Gasteiger partial charge < -0.3 is 10.6 Å². The summed E-state index contributed by atoms with van der Waals surface area (Å²) in [7, 11) is 0. The van der Waals surface area contributed by atoms with Crippen LogP contribution in [0.1, 0.15) is 12.8 Å². The van der Waals surface area contributed by atoms with Gasteiger partial charge in [-0.25, -0.2) is 0 Å². The van der Waals surface area contributed by atoms with Gasteiger partial charge in [0.25, 0.3) is 0 Å². The fraction of sp³-hybridized carbons (Fsp3) is 0.833. The second-order valence-corrected chi connectivity index (χ2v) is 2.47. The van der Waals surface area contributed by atoms with Gasteiger partial charge in [0.1, 0.15) is 0 Å². The summed E-state index contributed by atoms with van der Waals surface area (Å²) in [5, 5.41) is 1.64. The average Bonchev–Trinajstić information content (AvgIpc) is 1.95. The summed E-state index contributed by atoms with van der Waals surface area (Å²) < 4.78 is 0. The minimum absolute atomic E-state index is 0.284. The van der Waals surface area contributed by atoms with Gasteiger partial charge in [0.2, 0.25) is 0 Å². The van der Waals surface area contributed by atoms with Crippen LogP contribution >= 0.6 is 0 Å². The average molecular weight is 144 g/mol. The lowest BCUT2D eigenvalue weighted by molar-refractivity contribution is -0.178. The molecular formula is C6H12N2O2. The van der Waals surface area contributed by atoms with Crippen LogP contribution in [0.25, 0.3) is 0 Å². The standard InChI is InChI=1S/C6H12N2O2/c7-6-1-3-8(4-2-6)10-5-9/h5-6H,1-4,7H2. The number of piperidine rings is 1. The molecule has 1 fully saturated rings. The Labute approximate surface area is 59.9 Å². The summed E-state index contributed by atoms with van der Waals surface area (Å²) in [5.74, 6) is 0. The molecule has 0 aromatic carbocycles. The first-order valence-corrected chi connectivity index (χ1v) is 3.44. The van der Waals surface area contributed by atoms with E-state index < -0.39 is 0 Å². The molecule has 0 bridgehead atoms. The van der Waals surface area contributed by atoms with Crippen molar-refractivity contribution in [3.05, 3.63) is 0 Å². The van der Waals surface area contributed by atoms with E-state index in [4.69, 9.17) is 5.73 Å². The van der Waals surface area contributed by atoms with Crippen LogP contribution < -0.4 is 5.73 Å². The summed E-state index contributed by atoms with van der Waals surface area (Å²) in [6.07, 6.45) is 1.82. The molecule has 1 saturated heterocycles. The van der Waals surface area contributed by atoms with Crippen molar-refractivity contribution in [2.75, 3.05) is 13.1 Å². The minimum atomic E-state index is 0.284. The molecule has 0 aromatic heterocycles. The van der Waals surface area contributed by atoms with E-state index in [1.54, 1.807) is 5.06 Å². The van der Waals surface area contributed by atoms with Gasteiger partial charge in [0.15, 0.2) is 0 Å². The Hall–Kier alpha value is -0.610. The van der Waals surface area contributed by atoms with Gasteiger partial charge in [-0.15, -0.1) is 5.06 Å². The number of nitrogens with two attached hydrogens (primary N) is 1. The van der Waals surface area contributed by atoms with E-state index in [1.807, 2.05) is 0 Å². The van der Waals surface area contributed by atoms with Crippen molar-refractivity contribution < 1.29 is 9.63 Å². The summed E-state index contributed by atoms with van der Waals surface area (Å²) in [4.78, 5) is 14.5. The van der Waals surface area contributed by atoms with Gasteiger partial charge in [-0.3, -0.25) is 4.79 Å². The number of hydroxylamine groups is 2. The van der Waals surface area contributed by atoms with E-state index in [0.717, 1.165) is 25.9 Å². The number of carbonyl (C=O) groups is 1. The third kappa shape index (κ3) is 1.97. The lowest BCUT2D eigenvalue weighted by Gasteiger charge is -2.26. The second-order valence-electron chi connectivity index (χ2n) is 2.47. The third-order valence-electron chi connectivity index (χ3n) is 1.69. The highest BCUT2D eigenvalue weighted by Gasteiger charge is 2.15. The molecule has 1 aliphatic rings. The normalized spacial score (nSPS) is 22.5. The van der Waals surface area contributed by atoms with Crippen LogP contribution in [0.3, 0.4) is 0 Å². The minimum Gasteiger partial charge on any atom is -0.371 e. The second kappa shape index (κ2) is 3.53. The van der Waals surface area contributed by atoms with Crippen LogP contribution in [0.2, 0.25) is 0 Å². The summed E-state index contributed by atoms with van der Waals surface area (Å²) >= 11 is 0. The molecule has 0 radical (unpaired) electrons. The quantitative estimate of drug-likeness (QED) is 0.531. The number of hydrogen-bond acceptors (Lipinski definition) is 4. The highest BCUT2D eigenvalue weighted by atomic mass is 16.7. The van der Waals surface area contributed by atoms with Gasteiger partial charge >= 0.3 is 6.47 Å². The topological polar surface area (TPSA) is 55.6 Å². The maximum atomic E-state index is 9.86. The molecule has 1 heterocycles. The molecule has 0 atom stereocenters. The van der Waals surface area contributed by atoms with E-state index >= 15 is 0 Å². The number of nitrogens with zero attached hydrogens (tertiary/aromatic N) is 1. The molecule has 0 amide bonds. The molecule has 0 aromatic rings. The molecule has 1 rings (SSSR count). The van der Waals surface area contributed by atoms with Crippen molar-refractivity contribution in [1.82, 2.24) is 5.06 Å². The zero-order valence-corrected chi connectivity index (χ0v) is 5.82. The number of rotatable bonds is 2. The SMILES string of the molecule is NC1CCN(OC=O)CC1. The lowest BCUT2D eigenvalue weighted by Crippen LogP contribution is -2.39. The monoisotopic (exact) mass is 144 g/mol. The largest absolute Gasteiger partial charge is 0.371 e. The Morgan fingerprint density at radius 2 is 2.10 bits per heavy atom. The highest BCUT2D eigenvalue weighted by Crippen LogP contribution is 2.06. The lowest BCUT2D eigenvalue weighted by atomic mass is 10.1. The van der Waals surface area contributed by atoms with Gasteiger partial charge in [-0.05, 0) is 12.8 Å². The molecule has 0 aliphatic carbocycles. The summed E-state index contributed by atoms with van der Waals surface area (Å²) in [6.45, 7) is 1.98. The molecule has 0 spiro atoms. The first-order valence-electron chi connectivity index (χ1n) is 3.44. The van der Waals surface area contributed by atoms with Crippen LogP contribution in [0.15, 0.2) is 0 Å². The number of carbonyl (C=O) groups excluding carboxylic acids is 1. The highest BCUT2D eigenvalue weighted by molar-refractivity contribution is 5.36. The van der Waals surface area contributed by atoms with Gasteiger partial charge in [-0.2, -0.15) is 0 Å². The molecule has 4 nitrogen and oxygen atoms in total. The summed E-state index contributed by atoms with van der Waals surface area (Å²) in [6, 6.07) is 0.284. The van der Waals surface area contributed by atoms with Crippen molar-refractivity contribution >= 4 is 6.47 Å². The Morgan fingerprint density at radius 3 is 2.60 bits per heavy atom. The molecular weight excluding hydrogens is 132 g/mol. The van der Waals surface area contributed by atoms with Crippen LogP contribution in [0, 0.1) is 0 Å². The van der Waals surface area contributed by atoms with Crippen LogP contribution in [-0.2, 0) is 9.63 Å². The van der Waals surface area contributed by atoms with Crippen molar-refractivity contribution in [2.24, 2.45) is 5.73 Å². The van der Waals surface area contributed by atoms with E-state index in [-0.39, 0.29) is 6.04 Å². The first kappa shape index (κ1) is 7.50. The van der Waals surface area contributed by atoms with E-state index in [9.17, 15) is 4.79 Å². The van der Waals surface area contributed by atoms with E-state index in [2.05, 4.69) is 4.84 Å². The smallest absolute Gasteiger partial charge is 0.312 e. The zero-order chi connectivity index (χ0) is 7.40. The van der Waals surface area contributed by atoms with Gasteiger partial charge in [-0.1, -0.05) is 0 Å². The Morgan fingerprint density at radius 1 is 1.50 bits per heavy atom. The molecule has 4 heteroatoms. The molecule has 1 aliphatic heterocycles. The van der Waals surface area contributed by atoms with Gasteiger partial charge in [0.05, 0.1) is 0 Å². The first-order chi connectivity index (χ1) is 4.83. The molecule has 0 unspecified atom stereocenters. The maximum Gasteiger partial charge on any atom is 0.312 e. The molecule has 58 valence electrons. The molecule has 0 saturated carbocycles. The predicted molar refractivity (Wildman–Crippen MR) is 35.9 cm³/mol. The molecule has 2 N–H and O–H groups in total. The predicted octanol–water partition coefficient (Wildman–Crippen LogP) is -0.503. The summed E-state index contributed by atoms with van der Waals surface area (Å²) in [5.41, 5.74) is 5.62. The molecule has 10 heavy (non-hydrogen) atoms. The fourth-order valence-electron chi connectivity index (χ4n) is 1.04. The zero-order valence-electron chi connectivity index (χ0n) is 5.82. The van der Waals surface area contributed by atoms with Crippen LogP contribution in [0.4, 0.5) is 0 Å². The Bertz CT molecular complexity index is 110. The van der Waals surface area contributed by atoms with Crippen molar-refractivity contribution in [2.45, 2.75) is 18.9 Å². The van der Waals surface area contributed by atoms with E-state index in [1.165, 1.54) is 0 Å². The fourth-order valence-corrected chi connectivity index (χ4v) is 1.04. The van der Waals surface area contributed by atoms with Crippen LogP contribution in [-0.4, -0.2) is 30.7 Å². The Kier molecular flexibility index (Phi) is 2.65. The van der Waals surface area contributed by atoms with Gasteiger partial charge in [0, 0.05) is 19.1 Å². The number of hydrogen-bond donors (Lipinski definition) is 1. The van der Waals surface area contributed by atoms with E-state index in [0.29, 0.717) is 6.47 Å². The van der Waals surface area contributed by atoms with Crippen molar-refractivity contribution in [3.63, 3.8) is 0 Å². The van der Waals surface area contributed by atoms with Crippen molar-refractivity contribution in [3.8, 4) is 0 Å². The van der Waals surface area contributed by atoms with Crippen LogP contribution in [0.5, 0.6) is 0 Å². The van der Waals surface area contributed by atoms with Crippen molar-refractivity contribution in [1.29, 1.82) is 0 Å².